The predicted molar refractivity (Wildman–Crippen MR) is 69.2 cm³/mol. The van der Waals surface area contributed by atoms with Gasteiger partial charge in [-0.1, -0.05) is 0 Å². The Bertz CT molecular complexity index is 446. The standard InChI is InChI=1S/C12H20O12/c13-3-2(23-11(21)7(17)4(3)14)1-22-12-8(18)5(15)6(16)9(24-12)10(19)20/h2-9,11-18,21H,1H2,(H,19,20)/t2-,3-,4+,5+,6+,7-,8-,9+,11-,12-/m1/s1. The molecule has 12 nitrogen and oxygen atoms in total. The molecule has 140 valence electrons. The molecule has 0 amide bonds. The Balaban J connectivity index is 1.98. The van der Waals surface area contributed by atoms with Crippen molar-refractivity contribution >= 4 is 5.97 Å². The molecule has 24 heavy (non-hydrogen) atoms. The molecule has 0 bridgehead atoms. The van der Waals surface area contributed by atoms with E-state index in [-0.39, 0.29) is 0 Å². The Labute approximate surface area is 135 Å². The SMILES string of the molecule is O=C(O)[C@H]1O[C@@H](OC[C@H]2O[C@@H](O)[C@H](O)[C@@H](O)[C@@H]2O)[C@H](O)[C@@H](O)[C@@H]1O. The van der Waals surface area contributed by atoms with Gasteiger partial charge in [0.25, 0.3) is 0 Å². The summed E-state index contributed by atoms with van der Waals surface area (Å²) in [6.07, 6.45) is -17.3. The van der Waals surface area contributed by atoms with Crippen LogP contribution >= 0.6 is 0 Å². The van der Waals surface area contributed by atoms with Gasteiger partial charge in [0.1, 0.15) is 42.7 Å². The Hall–Kier alpha value is -0.930. The van der Waals surface area contributed by atoms with E-state index in [0.29, 0.717) is 0 Å². The Morgan fingerprint density at radius 1 is 0.792 bits per heavy atom. The summed E-state index contributed by atoms with van der Waals surface area (Å²) in [6, 6.07) is 0. The molecule has 0 aliphatic carbocycles. The maximum Gasteiger partial charge on any atom is 0.335 e. The van der Waals surface area contributed by atoms with Crippen molar-refractivity contribution in [2.24, 2.45) is 0 Å². The largest absolute Gasteiger partial charge is 0.479 e. The zero-order valence-electron chi connectivity index (χ0n) is 12.2. The van der Waals surface area contributed by atoms with E-state index < -0.39 is 74.0 Å². The molecule has 0 spiro atoms. The van der Waals surface area contributed by atoms with Gasteiger partial charge in [-0.05, 0) is 0 Å². The molecular weight excluding hydrogens is 336 g/mol. The minimum Gasteiger partial charge on any atom is -0.479 e. The summed E-state index contributed by atoms with van der Waals surface area (Å²) in [5.41, 5.74) is 0. The molecule has 8 N–H and O–H groups in total. The molecule has 2 saturated heterocycles. The van der Waals surface area contributed by atoms with Crippen LogP contribution in [0.3, 0.4) is 0 Å². The third kappa shape index (κ3) is 3.67. The van der Waals surface area contributed by atoms with E-state index in [4.69, 9.17) is 19.3 Å². The van der Waals surface area contributed by atoms with Gasteiger partial charge in [0.2, 0.25) is 0 Å². The summed E-state index contributed by atoms with van der Waals surface area (Å²) in [7, 11) is 0. The molecular formula is C12H20O12. The molecule has 0 aromatic rings. The van der Waals surface area contributed by atoms with Gasteiger partial charge in [-0.2, -0.15) is 0 Å². The van der Waals surface area contributed by atoms with E-state index in [1.54, 1.807) is 0 Å². The lowest BCUT2D eigenvalue weighted by molar-refractivity contribution is -0.321. The van der Waals surface area contributed by atoms with Crippen LogP contribution in [0.2, 0.25) is 0 Å². The van der Waals surface area contributed by atoms with Gasteiger partial charge in [-0.15, -0.1) is 0 Å². The summed E-state index contributed by atoms with van der Waals surface area (Å²) in [5, 5.41) is 75.8. The van der Waals surface area contributed by atoms with Crippen LogP contribution in [0.1, 0.15) is 0 Å². The minimum atomic E-state index is -1.88. The van der Waals surface area contributed by atoms with Crippen molar-refractivity contribution in [3.05, 3.63) is 0 Å². The minimum absolute atomic E-state index is 0.584. The summed E-state index contributed by atoms with van der Waals surface area (Å²) in [5.74, 6) is -1.59. The van der Waals surface area contributed by atoms with E-state index in [9.17, 15) is 40.5 Å². The van der Waals surface area contributed by atoms with E-state index in [1.807, 2.05) is 0 Å². The lowest BCUT2D eigenvalue weighted by Crippen LogP contribution is -2.62. The van der Waals surface area contributed by atoms with Crippen LogP contribution in [0, 0.1) is 0 Å². The van der Waals surface area contributed by atoms with Crippen LogP contribution in [0.15, 0.2) is 0 Å². The molecule has 2 aliphatic rings. The molecule has 10 atom stereocenters. The fourth-order valence-corrected chi connectivity index (χ4v) is 2.45. The normalized spacial score (nSPS) is 49.8. The Morgan fingerprint density at radius 2 is 1.38 bits per heavy atom. The number of carboxylic acid groups (broad SMARTS) is 1. The van der Waals surface area contributed by atoms with Gasteiger partial charge in [0.05, 0.1) is 6.61 Å². The molecule has 0 aromatic heterocycles. The highest BCUT2D eigenvalue weighted by atomic mass is 16.7. The lowest BCUT2D eigenvalue weighted by atomic mass is 9.98. The van der Waals surface area contributed by atoms with Crippen LogP contribution in [-0.2, 0) is 19.0 Å². The van der Waals surface area contributed by atoms with Gasteiger partial charge in [-0.3, -0.25) is 0 Å². The Morgan fingerprint density at radius 3 is 1.96 bits per heavy atom. The summed E-state index contributed by atoms with van der Waals surface area (Å²) in [4.78, 5) is 11.0. The van der Waals surface area contributed by atoms with Crippen LogP contribution in [0.4, 0.5) is 0 Å². The first kappa shape index (κ1) is 19.4. The highest BCUT2D eigenvalue weighted by Gasteiger charge is 2.49. The molecule has 12 heteroatoms. The van der Waals surface area contributed by atoms with Crippen molar-refractivity contribution in [2.75, 3.05) is 6.61 Å². The van der Waals surface area contributed by atoms with E-state index in [0.717, 1.165) is 0 Å². The smallest absolute Gasteiger partial charge is 0.335 e. The van der Waals surface area contributed by atoms with Crippen molar-refractivity contribution in [1.82, 2.24) is 0 Å². The zero-order chi connectivity index (χ0) is 18.2. The van der Waals surface area contributed by atoms with Crippen LogP contribution in [0.5, 0.6) is 0 Å². The second-order valence-corrected chi connectivity index (χ2v) is 5.61. The van der Waals surface area contributed by atoms with Gasteiger partial charge >= 0.3 is 5.97 Å². The highest BCUT2D eigenvalue weighted by molar-refractivity contribution is 5.73. The number of rotatable bonds is 4. The molecule has 2 heterocycles. The number of aliphatic carboxylic acids is 1. The highest BCUT2D eigenvalue weighted by Crippen LogP contribution is 2.25. The summed E-state index contributed by atoms with van der Waals surface area (Å²) in [6.45, 7) is -0.584. The molecule has 0 saturated carbocycles. The number of hydrogen-bond acceptors (Lipinski definition) is 11. The van der Waals surface area contributed by atoms with Crippen molar-refractivity contribution in [2.45, 2.75) is 61.4 Å². The first-order valence-electron chi connectivity index (χ1n) is 7.07. The fourth-order valence-electron chi connectivity index (χ4n) is 2.45. The Kier molecular flexibility index (Phi) is 6.09. The monoisotopic (exact) mass is 356 g/mol. The molecule has 2 rings (SSSR count). The molecule has 0 aromatic carbocycles. The van der Waals surface area contributed by atoms with E-state index >= 15 is 0 Å². The van der Waals surface area contributed by atoms with Crippen molar-refractivity contribution < 1.29 is 59.9 Å². The van der Waals surface area contributed by atoms with Gasteiger partial charge in [0.15, 0.2) is 18.7 Å². The lowest BCUT2D eigenvalue weighted by Gasteiger charge is -2.41. The third-order valence-electron chi connectivity index (χ3n) is 3.92. The van der Waals surface area contributed by atoms with Gasteiger partial charge in [-0.25, -0.2) is 4.79 Å². The second kappa shape index (κ2) is 7.53. The van der Waals surface area contributed by atoms with Crippen molar-refractivity contribution in [1.29, 1.82) is 0 Å². The topological polar surface area (TPSA) is 207 Å². The zero-order valence-corrected chi connectivity index (χ0v) is 12.2. The average molecular weight is 356 g/mol. The maximum atomic E-state index is 11.0. The van der Waals surface area contributed by atoms with Crippen LogP contribution in [0.25, 0.3) is 0 Å². The number of aliphatic hydroxyl groups excluding tert-OH is 7. The third-order valence-corrected chi connectivity index (χ3v) is 3.92. The first-order valence-corrected chi connectivity index (χ1v) is 7.07. The number of ether oxygens (including phenoxy) is 3. The fraction of sp³-hybridized carbons (Fsp3) is 0.917. The van der Waals surface area contributed by atoms with Gasteiger partial charge < -0.3 is 55.1 Å². The van der Waals surface area contributed by atoms with Crippen LogP contribution < -0.4 is 0 Å². The molecule has 0 radical (unpaired) electrons. The van der Waals surface area contributed by atoms with Crippen LogP contribution in [-0.4, -0.2) is 115 Å². The molecule has 2 aliphatic heterocycles. The van der Waals surface area contributed by atoms with Gasteiger partial charge in [0, 0.05) is 0 Å². The predicted octanol–water partition coefficient (Wildman–Crippen LogP) is -5.30. The average Bonchev–Trinajstić information content (AvgIpc) is 2.54. The quantitative estimate of drug-likeness (QED) is 0.238. The van der Waals surface area contributed by atoms with Crippen molar-refractivity contribution in [3.8, 4) is 0 Å². The molecule has 2 fully saturated rings. The maximum absolute atomic E-state index is 11.0. The summed E-state index contributed by atoms with van der Waals surface area (Å²) >= 11 is 0. The van der Waals surface area contributed by atoms with E-state index in [1.165, 1.54) is 0 Å². The number of carbonyl (C=O) groups is 1. The number of carboxylic acids is 1. The summed E-state index contributed by atoms with van der Waals surface area (Å²) < 4.78 is 14.7. The van der Waals surface area contributed by atoms with Crippen molar-refractivity contribution in [3.63, 3.8) is 0 Å². The second-order valence-electron chi connectivity index (χ2n) is 5.61. The molecule has 0 unspecified atom stereocenters. The number of hydrogen-bond donors (Lipinski definition) is 8. The van der Waals surface area contributed by atoms with E-state index in [2.05, 4.69) is 0 Å². The first-order chi connectivity index (χ1) is 11.1. The number of aliphatic hydroxyl groups is 7.